The van der Waals surface area contributed by atoms with Crippen molar-refractivity contribution in [2.75, 3.05) is 7.05 Å². The van der Waals surface area contributed by atoms with Gasteiger partial charge < -0.3 is 5.32 Å². The average molecular weight is 147 g/mol. The van der Waals surface area contributed by atoms with Gasteiger partial charge in [-0.3, -0.25) is 0 Å². The number of hydrogen-bond acceptors (Lipinski definition) is 1. The SMILES string of the molecule is C=CC#CC(/C=C\NC)=C/C. The second kappa shape index (κ2) is 6.70. The van der Waals surface area contributed by atoms with Gasteiger partial charge in [-0.1, -0.05) is 24.5 Å². The molecule has 0 saturated heterocycles. The molecule has 0 atom stereocenters. The van der Waals surface area contributed by atoms with Crippen LogP contribution >= 0.6 is 0 Å². The summed E-state index contributed by atoms with van der Waals surface area (Å²) in [5, 5.41) is 2.89. The Kier molecular flexibility index (Phi) is 5.83. The van der Waals surface area contributed by atoms with Crippen molar-refractivity contribution >= 4 is 0 Å². The standard InChI is InChI=1S/C10H13N/c1-4-6-7-10(5-2)8-9-11-3/h4-5,8-9,11H,1H2,2-3H3/b9-8-,10-5-. The van der Waals surface area contributed by atoms with Gasteiger partial charge in [-0.25, -0.2) is 0 Å². The molecular formula is C10H13N. The molecule has 1 nitrogen and oxygen atoms in total. The van der Waals surface area contributed by atoms with Crippen molar-refractivity contribution in [2.45, 2.75) is 6.92 Å². The largest absolute Gasteiger partial charge is 0.394 e. The van der Waals surface area contributed by atoms with E-state index >= 15 is 0 Å². The van der Waals surface area contributed by atoms with E-state index in [4.69, 9.17) is 0 Å². The van der Waals surface area contributed by atoms with Crippen molar-refractivity contribution < 1.29 is 0 Å². The molecule has 0 unspecified atom stereocenters. The van der Waals surface area contributed by atoms with Gasteiger partial charge >= 0.3 is 0 Å². The number of nitrogens with one attached hydrogen (secondary N) is 1. The van der Waals surface area contributed by atoms with Gasteiger partial charge in [0.05, 0.1) is 0 Å². The molecule has 0 aliphatic rings. The Morgan fingerprint density at radius 1 is 1.55 bits per heavy atom. The lowest BCUT2D eigenvalue weighted by atomic mass is 10.2. The number of hydrogen-bond donors (Lipinski definition) is 1. The molecule has 11 heavy (non-hydrogen) atoms. The van der Waals surface area contributed by atoms with Crippen LogP contribution in [0.25, 0.3) is 0 Å². The van der Waals surface area contributed by atoms with Crippen molar-refractivity contribution in [2.24, 2.45) is 0 Å². The van der Waals surface area contributed by atoms with Crippen LogP contribution in [0.3, 0.4) is 0 Å². The molecule has 0 fully saturated rings. The summed E-state index contributed by atoms with van der Waals surface area (Å²) in [5.41, 5.74) is 0.985. The smallest absolute Gasteiger partial charge is 0.0220 e. The molecule has 0 spiro atoms. The molecule has 0 radical (unpaired) electrons. The quantitative estimate of drug-likeness (QED) is 0.464. The monoisotopic (exact) mass is 147 g/mol. The second-order valence-corrected chi connectivity index (χ2v) is 1.84. The summed E-state index contributed by atoms with van der Waals surface area (Å²) in [6.07, 6.45) is 7.28. The molecule has 0 aromatic heterocycles. The van der Waals surface area contributed by atoms with Crippen LogP contribution in [-0.4, -0.2) is 7.05 Å². The van der Waals surface area contributed by atoms with Crippen LogP contribution in [0, 0.1) is 11.8 Å². The average Bonchev–Trinajstić information content (AvgIpc) is 2.05. The van der Waals surface area contributed by atoms with E-state index in [1.807, 2.05) is 32.3 Å². The number of allylic oxidation sites excluding steroid dienone is 4. The minimum Gasteiger partial charge on any atom is -0.394 e. The molecule has 1 N–H and O–H groups in total. The van der Waals surface area contributed by atoms with Crippen LogP contribution in [-0.2, 0) is 0 Å². The van der Waals surface area contributed by atoms with Crippen molar-refractivity contribution in [3.63, 3.8) is 0 Å². The first-order chi connectivity index (χ1) is 5.35. The van der Waals surface area contributed by atoms with Gasteiger partial charge in [0.15, 0.2) is 0 Å². The van der Waals surface area contributed by atoms with Crippen LogP contribution in [0.2, 0.25) is 0 Å². The Hall–Kier alpha value is -1.42. The van der Waals surface area contributed by atoms with E-state index in [-0.39, 0.29) is 0 Å². The number of rotatable bonds is 2. The van der Waals surface area contributed by atoms with E-state index in [0.29, 0.717) is 0 Å². The minimum absolute atomic E-state index is 0.985. The zero-order chi connectivity index (χ0) is 8.53. The molecule has 58 valence electrons. The fourth-order valence-corrected chi connectivity index (χ4v) is 0.518. The first-order valence-corrected chi connectivity index (χ1v) is 3.47. The van der Waals surface area contributed by atoms with Crippen molar-refractivity contribution in [1.29, 1.82) is 0 Å². The highest BCUT2D eigenvalue weighted by atomic mass is 14.8. The van der Waals surface area contributed by atoms with Gasteiger partial charge in [0.2, 0.25) is 0 Å². The molecule has 0 amide bonds. The minimum atomic E-state index is 0.985. The summed E-state index contributed by atoms with van der Waals surface area (Å²) in [5.74, 6) is 5.69. The van der Waals surface area contributed by atoms with Crippen molar-refractivity contribution in [3.8, 4) is 11.8 Å². The lowest BCUT2D eigenvalue weighted by Crippen LogP contribution is -1.91. The van der Waals surface area contributed by atoms with Gasteiger partial charge in [-0.2, -0.15) is 0 Å². The van der Waals surface area contributed by atoms with Crippen molar-refractivity contribution in [3.05, 3.63) is 36.6 Å². The van der Waals surface area contributed by atoms with E-state index < -0.39 is 0 Å². The van der Waals surface area contributed by atoms with Gasteiger partial charge in [0.25, 0.3) is 0 Å². The molecule has 0 aromatic rings. The van der Waals surface area contributed by atoms with Gasteiger partial charge in [-0.05, 0) is 25.3 Å². The summed E-state index contributed by atoms with van der Waals surface area (Å²) >= 11 is 0. The van der Waals surface area contributed by atoms with Gasteiger partial charge in [-0.15, -0.1) is 0 Å². The van der Waals surface area contributed by atoms with Crippen molar-refractivity contribution in [1.82, 2.24) is 5.32 Å². The summed E-state index contributed by atoms with van der Waals surface area (Å²) in [6.45, 7) is 5.46. The molecular weight excluding hydrogens is 134 g/mol. The van der Waals surface area contributed by atoms with E-state index in [1.54, 1.807) is 6.08 Å². The molecule has 0 rings (SSSR count). The van der Waals surface area contributed by atoms with Crippen LogP contribution in [0.1, 0.15) is 6.92 Å². The molecule has 1 heteroatoms. The van der Waals surface area contributed by atoms with Gasteiger partial charge in [0, 0.05) is 12.6 Å². The molecule has 0 heterocycles. The summed E-state index contributed by atoms with van der Waals surface area (Å²) in [6, 6.07) is 0. The topological polar surface area (TPSA) is 12.0 Å². The Labute approximate surface area is 68.5 Å². The predicted octanol–water partition coefficient (Wildman–Crippen LogP) is 1.86. The summed E-state index contributed by atoms with van der Waals surface area (Å²) in [7, 11) is 1.85. The first-order valence-electron chi connectivity index (χ1n) is 3.47. The lowest BCUT2D eigenvalue weighted by molar-refractivity contribution is 1.10. The van der Waals surface area contributed by atoms with Gasteiger partial charge in [0.1, 0.15) is 0 Å². The van der Waals surface area contributed by atoms with E-state index in [1.165, 1.54) is 0 Å². The molecule has 0 aliphatic heterocycles. The Morgan fingerprint density at radius 2 is 2.27 bits per heavy atom. The van der Waals surface area contributed by atoms with E-state index in [2.05, 4.69) is 23.7 Å². The zero-order valence-corrected chi connectivity index (χ0v) is 7.02. The molecule has 0 aromatic carbocycles. The molecule has 0 saturated carbocycles. The predicted molar refractivity (Wildman–Crippen MR) is 49.9 cm³/mol. The maximum Gasteiger partial charge on any atom is 0.0220 e. The highest BCUT2D eigenvalue weighted by molar-refractivity contribution is 5.39. The Morgan fingerprint density at radius 3 is 2.73 bits per heavy atom. The Bertz CT molecular complexity index is 223. The molecule has 0 aliphatic carbocycles. The van der Waals surface area contributed by atoms with Crippen LogP contribution in [0.4, 0.5) is 0 Å². The molecule has 0 bridgehead atoms. The summed E-state index contributed by atoms with van der Waals surface area (Å²) < 4.78 is 0. The maximum absolute atomic E-state index is 3.51. The lowest BCUT2D eigenvalue weighted by Gasteiger charge is -1.87. The van der Waals surface area contributed by atoms with E-state index in [0.717, 1.165) is 5.57 Å². The van der Waals surface area contributed by atoms with Crippen LogP contribution in [0.15, 0.2) is 36.6 Å². The van der Waals surface area contributed by atoms with E-state index in [9.17, 15) is 0 Å². The highest BCUT2D eigenvalue weighted by Crippen LogP contribution is 1.92. The normalized spacial score (nSPS) is 10.5. The fraction of sp³-hybridized carbons (Fsp3) is 0.200. The third-order valence-corrected chi connectivity index (χ3v) is 1.06. The third kappa shape index (κ3) is 5.05. The Balaban J connectivity index is 4.20. The first kappa shape index (κ1) is 9.58. The highest BCUT2D eigenvalue weighted by Gasteiger charge is 1.78. The summed E-state index contributed by atoms with van der Waals surface area (Å²) in [4.78, 5) is 0. The second-order valence-electron chi connectivity index (χ2n) is 1.84. The van der Waals surface area contributed by atoms with Crippen LogP contribution in [0.5, 0.6) is 0 Å². The maximum atomic E-state index is 3.51. The fourth-order valence-electron chi connectivity index (χ4n) is 0.518. The third-order valence-electron chi connectivity index (χ3n) is 1.06. The van der Waals surface area contributed by atoms with Crippen LogP contribution < -0.4 is 5.32 Å². The zero-order valence-electron chi connectivity index (χ0n) is 7.02.